The largest absolute Gasteiger partial charge is 0.497 e. The maximum absolute atomic E-state index is 12.3. The smallest absolute Gasteiger partial charge is 0.264 e. The van der Waals surface area contributed by atoms with Gasteiger partial charge in [0.2, 0.25) is 0 Å². The van der Waals surface area contributed by atoms with Gasteiger partial charge in [-0.1, -0.05) is 12.1 Å². The molecule has 0 N–H and O–H groups in total. The molecule has 0 saturated carbocycles. The monoisotopic (exact) mass is 302 g/mol. The lowest BCUT2D eigenvalue weighted by Gasteiger charge is -2.36. The van der Waals surface area contributed by atoms with Crippen molar-refractivity contribution in [3.05, 3.63) is 46.7 Å². The number of methoxy groups -OCH3 is 1. The lowest BCUT2D eigenvalue weighted by Crippen LogP contribution is -2.48. The molecule has 5 heteroatoms. The average Bonchev–Trinajstić information content (AvgIpc) is 3.09. The number of benzene rings is 1. The first-order chi connectivity index (χ1) is 10.3. The molecule has 1 aromatic heterocycles. The second-order valence-corrected chi connectivity index (χ2v) is 5.91. The Morgan fingerprint density at radius 3 is 2.62 bits per heavy atom. The van der Waals surface area contributed by atoms with Crippen molar-refractivity contribution in [1.29, 1.82) is 0 Å². The van der Waals surface area contributed by atoms with E-state index in [2.05, 4.69) is 11.0 Å². The van der Waals surface area contributed by atoms with E-state index in [1.807, 2.05) is 40.6 Å². The van der Waals surface area contributed by atoms with Crippen LogP contribution in [-0.2, 0) is 0 Å². The first-order valence-corrected chi connectivity index (χ1v) is 7.87. The zero-order chi connectivity index (χ0) is 14.7. The summed E-state index contributed by atoms with van der Waals surface area (Å²) in [5.74, 6) is 1.01. The van der Waals surface area contributed by atoms with Gasteiger partial charge >= 0.3 is 0 Å². The Balaban J connectivity index is 1.63. The molecule has 0 atom stereocenters. The first-order valence-electron chi connectivity index (χ1n) is 7.00. The molecule has 1 saturated heterocycles. The number of thiophene rings is 1. The summed E-state index contributed by atoms with van der Waals surface area (Å²) in [4.78, 5) is 17.4. The van der Waals surface area contributed by atoms with E-state index in [4.69, 9.17) is 4.74 Å². The van der Waals surface area contributed by atoms with E-state index in [-0.39, 0.29) is 5.91 Å². The van der Waals surface area contributed by atoms with E-state index in [1.165, 1.54) is 11.3 Å². The molecule has 110 valence electrons. The minimum atomic E-state index is 0.148. The molecule has 0 spiro atoms. The number of carbonyl (C=O) groups is 1. The van der Waals surface area contributed by atoms with E-state index >= 15 is 0 Å². The molecule has 3 rings (SSSR count). The van der Waals surface area contributed by atoms with Crippen molar-refractivity contribution >= 4 is 22.9 Å². The maximum atomic E-state index is 12.3. The Hall–Kier alpha value is -2.01. The minimum Gasteiger partial charge on any atom is -0.497 e. The molecule has 4 nitrogen and oxygen atoms in total. The Morgan fingerprint density at radius 1 is 1.14 bits per heavy atom. The summed E-state index contributed by atoms with van der Waals surface area (Å²) in [7, 11) is 1.68. The SMILES string of the molecule is COc1cccc(N2CCN(C(=O)c3cccs3)CC2)c1. The third-order valence-corrected chi connectivity index (χ3v) is 4.58. The molecule has 2 heterocycles. The highest BCUT2D eigenvalue weighted by Gasteiger charge is 2.22. The van der Waals surface area contributed by atoms with Crippen LogP contribution >= 0.6 is 11.3 Å². The molecule has 0 bridgehead atoms. The Labute approximate surface area is 128 Å². The number of carbonyl (C=O) groups excluding carboxylic acids is 1. The zero-order valence-electron chi connectivity index (χ0n) is 12.0. The van der Waals surface area contributed by atoms with Gasteiger partial charge in [-0.05, 0) is 23.6 Å². The van der Waals surface area contributed by atoms with Crippen LogP contribution in [0.15, 0.2) is 41.8 Å². The fourth-order valence-electron chi connectivity index (χ4n) is 2.53. The van der Waals surface area contributed by atoms with Gasteiger partial charge in [-0.2, -0.15) is 0 Å². The number of nitrogens with zero attached hydrogens (tertiary/aromatic N) is 2. The van der Waals surface area contributed by atoms with Crippen molar-refractivity contribution in [3.8, 4) is 5.75 Å². The first kappa shape index (κ1) is 13.9. The molecule has 1 fully saturated rings. The molecule has 21 heavy (non-hydrogen) atoms. The van der Waals surface area contributed by atoms with Crippen LogP contribution in [0, 0.1) is 0 Å². The lowest BCUT2D eigenvalue weighted by molar-refractivity contribution is 0.0751. The van der Waals surface area contributed by atoms with Crippen LogP contribution in [0.2, 0.25) is 0 Å². The number of amides is 1. The highest BCUT2D eigenvalue weighted by Crippen LogP contribution is 2.22. The average molecular weight is 302 g/mol. The summed E-state index contributed by atoms with van der Waals surface area (Å²) < 4.78 is 5.26. The van der Waals surface area contributed by atoms with Gasteiger partial charge in [0.1, 0.15) is 5.75 Å². The number of anilines is 1. The van der Waals surface area contributed by atoms with Crippen molar-refractivity contribution in [2.75, 3.05) is 38.2 Å². The highest BCUT2D eigenvalue weighted by molar-refractivity contribution is 7.12. The molecule has 2 aromatic rings. The van der Waals surface area contributed by atoms with Crippen molar-refractivity contribution < 1.29 is 9.53 Å². The molecular formula is C16H18N2O2S. The topological polar surface area (TPSA) is 32.8 Å². The molecule has 1 aromatic carbocycles. The van der Waals surface area contributed by atoms with Crippen LogP contribution < -0.4 is 9.64 Å². The molecule has 1 aliphatic heterocycles. The van der Waals surface area contributed by atoms with Crippen molar-refractivity contribution in [2.45, 2.75) is 0 Å². The Morgan fingerprint density at radius 2 is 1.95 bits per heavy atom. The fraction of sp³-hybridized carbons (Fsp3) is 0.312. The van der Waals surface area contributed by atoms with Crippen molar-refractivity contribution in [2.24, 2.45) is 0 Å². The fourth-order valence-corrected chi connectivity index (χ4v) is 3.22. The molecule has 0 unspecified atom stereocenters. The van der Waals surface area contributed by atoms with Gasteiger partial charge in [-0.25, -0.2) is 0 Å². The van der Waals surface area contributed by atoms with Crippen LogP contribution in [0.4, 0.5) is 5.69 Å². The number of hydrogen-bond donors (Lipinski definition) is 0. The normalized spacial score (nSPS) is 15.1. The predicted octanol–water partition coefficient (Wildman–Crippen LogP) is 2.72. The maximum Gasteiger partial charge on any atom is 0.264 e. The van der Waals surface area contributed by atoms with Gasteiger partial charge in [0.15, 0.2) is 0 Å². The molecule has 0 radical (unpaired) electrons. The second-order valence-electron chi connectivity index (χ2n) is 4.96. The van der Waals surface area contributed by atoms with Crippen LogP contribution in [0.3, 0.4) is 0 Å². The summed E-state index contributed by atoms with van der Waals surface area (Å²) in [5.41, 5.74) is 1.15. The van der Waals surface area contributed by atoms with Crippen LogP contribution in [0.25, 0.3) is 0 Å². The quantitative estimate of drug-likeness (QED) is 0.874. The van der Waals surface area contributed by atoms with Gasteiger partial charge in [-0.3, -0.25) is 4.79 Å². The summed E-state index contributed by atoms with van der Waals surface area (Å²) in [6.45, 7) is 3.22. The molecule has 0 aliphatic carbocycles. The van der Waals surface area contributed by atoms with Gasteiger partial charge in [0, 0.05) is 37.9 Å². The zero-order valence-corrected chi connectivity index (χ0v) is 12.8. The summed E-state index contributed by atoms with van der Waals surface area (Å²) in [6.07, 6.45) is 0. The third-order valence-electron chi connectivity index (χ3n) is 3.72. The molecular weight excluding hydrogens is 284 g/mol. The Bertz CT molecular complexity index is 604. The van der Waals surface area contributed by atoms with E-state index in [9.17, 15) is 4.79 Å². The van der Waals surface area contributed by atoms with Crippen molar-refractivity contribution in [1.82, 2.24) is 4.90 Å². The standard InChI is InChI=1S/C16H18N2O2S/c1-20-14-5-2-4-13(12-14)17-7-9-18(10-8-17)16(19)15-6-3-11-21-15/h2-6,11-12H,7-10H2,1H3. The van der Waals surface area contributed by atoms with Crippen LogP contribution in [0.1, 0.15) is 9.67 Å². The van der Waals surface area contributed by atoms with Gasteiger partial charge < -0.3 is 14.5 Å². The summed E-state index contributed by atoms with van der Waals surface area (Å²) in [6, 6.07) is 11.9. The van der Waals surface area contributed by atoms with Gasteiger partial charge in [0.05, 0.1) is 12.0 Å². The molecule has 1 aliphatic rings. The molecule has 1 amide bonds. The van der Waals surface area contributed by atoms with E-state index in [1.54, 1.807) is 7.11 Å². The van der Waals surface area contributed by atoms with E-state index in [0.717, 1.165) is 42.5 Å². The number of ether oxygens (including phenoxy) is 1. The summed E-state index contributed by atoms with van der Waals surface area (Å²) >= 11 is 1.51. The summed E-state index contributed by atoms with van der Waals surface area (Å²) in [5, 5.41) is 1.94. The van der Waals surface area contributed by atoms with Crippen LogP contribution in [-0.4, -0.2) is 44.1 Å². The second kappa shape index (κ2) is 6.18. The Kier molecular flexibility index (Phi) is 4.10. The third kappa shape index (κ3) is 3.03. The van der Waals surface area contributed by atoms with E-state index in [0.29, 0.717) is 0 Å². The number of rotatable bonds is 3. The van der Waals surface area contributed by atoms with Gasteiger partial charge in [0.25, 0.3) is 5.91 Å². The highest BCUT2D eigenvalue weighted by atomic mass is 32.1. The minimum absolute atomic E-state index is 0.148. The lowest BCUT2D eigenvalue weighted by atomic mass is 10.2. The number of piperazine rings is 1. The van der Waals surface area contributed by atoms with Gasteiger partial charge in [-0.15, -0.1) is 11.3 Å². The van der Waals surface area contributed by atoms with Crippen molar-refractivity contribution in [3.63, 3.8) is 0 Å². The van der Waals surface area contributed by atoms with Crippen LogP contribution in [0.5, 0.6) is 5.75 Å². The van der Waals surface area contributed by atoms with E-state index < -0.39 is 0 Å². The predicted molar refractivity (Wildman–Crippen MR) is 85.4 cm³/mol. The number of hydrogen-bond acceptors (Lipinski definition) is 4.